The highest BCUT2D eigenvalue weighted by molar-refractivity contribution is 9.10. The molecule has 0 saturated carbocycles. The molecule has 3 nitrogen and oxygen atoms in total. The molecule has 1 saturated heterocycles. The molecule has 2 rings (SSSR count). The molecule has 0 radical (unpaired) electrons. The highest BCUT2D eigenvalue weighted by Gasteiger charge is 2.19. The monoisotopic (exact) mass is 311 g/mol. The molecule has 0 amide bonds. The van der Waals surface area contributed by atoms with E-state index >= 15 is 0 Å². The standard InChI is InChI=1S/C14H22BrN3/c1-3-7-13-16-12(15)10-14(17-13)18-9-6-4-5-8-11(18)2/h10-11H,3-9H2,1-2H3. The smallest absolute Gasteiger partial charge is 0.133 e. The van der Waals surface area contributed by atoms with E-state index in [2.05, 4.69) is 45.7 Å². The van der Waals surface area contributed by atoms with E-state index in [4.69, 9.17) is 4.98 Å². The number of halogens is 1. The van der Waals surface area contributed by atoms with Crippen molar-refractivity contribution >= 4 is 21.7 Å². The van der Waals surface area contributed by atoms with Crippen LogP contribution in [-0.2, 0) is 6.42 Å². The van der Waals surface area contributed by atoms with Crippen LogP contribution >= 0.6 is 15.9 Å². The molecular formula is C14H22BrN3. The van der Waals surface area contributed by atoms with Gasteiger partial charge in [0.15, 0.2) is 0 Å². The van der Waals surface area contributed by atoms with Gasteiger partial charge in [-0.15, -0.1) is 0 Å². The highest BCUT2D eigenvalue weighted by atomic mass is 79.9. The first-order valence-electron chi connectivity index (χ1n) is 7.01. The van der Waals surface area contributed by atoms with E-state index in [9.17, 15) is 0 Å². The molecule has 1 aliphatic rings. The second kappa shape index (κ2) is 6.50. The minimum Gasteiger partial charge on any atom is -0.354 e. The Labute approximate surface area is 118 Å². The third-order valence-corrected chi connectivity index (χ3v) is 3.95. The fraction of sp³-hybridized carbons (Fsp3) is 0.714. The Kier molecular flexibility index (Phi) is 4.98. The van der Waals surface area contributed by atoms with Gasteiger partial charge in [0, 0.05) is 25.1 Å². The Morgan fingerprint density at radius 1 is 1.33 bits per heavy atom. The molecule has 0 bridgehead atoms. The summed E-state index contributed by atoms with van der Waals surface area (Å²) in [7, 11) is 0. The molecule has 1 aliphatic heterocycles. The first-order valence-corrected chi connectivity index (χ1v) is 7.80. The maximum atomic E-state index is 4.72. The summed E-state index contributed by atoms with van der Waals surface area (Å²) in [6.07, 6.45) is 7.26. The number of hydrogen-bond acceptors (Lipinski definition) is 3. The summed E-state index contributed by atoms with van der Waals surface area (Å²) < 4.78 is 0.910. The number of hydrogen-bond donors (Lipinski definition) is 0. The summed E-state index contributed by atoms with van der Waals surface area (Å²) in [4.78, 5) is 11.6. The van der Waals surface area contributed by atoms with Gasteiger partial charge in [-0.05, 0) is 42.1 Å². The van der Waals surface area contributed by atoms with Gasteiger partial charge < -0.3 is 4.90 Å². The van der Waals surface area contributed by atoms with Gasteiger partial charge in [0.2, 0.25) is 0 Å². The van der Waals surface area contributed by atoms with E-state index in [1.807, 2.05) is 0 Å². The van der Waals surface area contributed by atoms with Crippen LogP contribution in [0.25, 0.3) is 0 Å². The molecule has 18 heavy (non-hydrogen) atoms. The molecule has 4 heteroatoms. The van der Waals surface area contributed by atoms with Crippen molar-refractivity contribution in [1.82, 2.24) is 9.97 Å². The first kappa shape index (κ1) is 13.8. The van der Waals surface area contributed by atoms with Crippen molar-refractivity contribution < 1.29 is 0 Å². The van der Waals surface area contributed by atoms with Gasteiger partial charge in [0.1, 0.15) is 16.2 Å². The van der Waals surface area contributed by atoms with Gasteiger partial charge in [-0.3, -0.25) is 0 Å². The summed E-state index contributed by atoms with van der Waals surface area (Å²) in [6, 6.07) is 2.64. The Bertz CT molecular complexity index is 395. The Balaban J connectivity index is 2.24. The molecular weight excluding hydrogens is 290 g/mol. The summed E-state index contributed by atoms with van der Waals surface area (Å²) in [5.41, 5.74) is 0. The zero-order valence-corrected chi connectivity index (χ0v) is 12.9. The third kappa shape index (κ3) is 3.44. The topological polar surface area (TPSA) is 29.0 Å². The summed E-state index contributed by atoms with van der Waals surface area (Å²) in [6.45, 7) is 5.59. The summed E-state index contributed by atoms with van der Waals surface area (Å²) in [5.74, 6) is 2.05. The van der Waals surface area contributed by atoms with Crippen LogP contribution in [0.3, 0.4) is 0 Å². The summed E-state index contributed by atoms with van der Waals surface area (Å²) >= 11 is 3.51. The molecule has 0 aliphatic carbocycles. The van der Waals surface area contributed by atoms with Crippen molar-refractivity contribution in [3.05, 3.63) is 16.5 Å². The molecule has 1 aromatic heterocycles. The molecule has 0 aromatic carbocycles. The Morgan fingerprint density at radius 2 is 2.17 bits per heavy atom. The molecule has 1 unspecified atom stereocenters. The largest absolute Gasteiger partial charge is 0.354 e. The maximum absolute atomic E-state index is 4.72. The van der Waals surface area contributed by atoms with Crippen LogP contribution in [0, 0.1) is 0 Å². The lowest BCUT2D eigenvalue weighted by molar-refractivity contribution is 0.608. The lowest BCUT2D eigenvalue weighted by atomic mass is 10.1. The molecule has 1 aromatic rings. The van der Waals surface area contributed by atoms with E-state index in [0.29, 0.717) is 6.04 Å². The van der Waals surface area contributed by atoms with Gasteiger partial charge in [0.25, 0.3) is 0 Å². The molecule has 0 spiro atoms. The Hall–Kier alpha value is -0.640. The van der Waals surface area contributed by atoms with Crippen LogP contribution in [0.1, 0.15) is 51.8 Å². The van der Waals surface area contributed by atoms with Crippen molar-refractivity contribution in [2.24, 2.45) is 0 Å². The van der Waals surface area contributed by atoms with Gasteiger partial charge in [-0.25, -0.2) is 9.97 Å². The van der Waals surface area contributed by atoms with Crippen LogP contribution < -0.4 is 4.90 Å². The minimum atomic E-state index is 0.587. The van der Waals surface area contributed by atoms with Crippen LogP contribution in [0.2, 0.25) is 0 Å². The highest BCUT2D eigenvalue weighted by Crippen LogP contribution is 2.24. The number of nitrogens with zero attached hydrogens (tertiary/aromatic N) is 3. The second-order valence-electron chi connectivity index (χ2n) is 5.11. The van der Waals surface area contributed by atoms with Crippen molar-refractivity contribution in [2.75, 3.05) is 11.4 Å². The predicted molar refractivity (Wildman–Crippen MR) is 79.0 cm³/mol. The van der Waals surface area contributed by atoms with E-state index in [-0.39, 0.29) is 0 Å². The third-order valence-electron chi connectivity index (χ3n) is 3.55. The summed E-state index contributed by atoms with van der Waals surface area (Å²) in [5, 5.41) is 0. The van der Waals surface area contributed by atoms with E-state index in [1.54, 1.807) is 0 Å². The zero-order valence-electron chi connectivity index (χ0n) is 11.3. The van der Waals surface area contributed by atoms with Crippen LogP contribution in [-0.4, -0.2) is 22.6 Å². The fourth-order valence-corrected chi connectivity index (χ4v) is 2.96. The predicted octanol–water partition coefficient (Wildman–Crippen LogP) is 3.96. The van der Waals surface area contributed by atoms with Crippen molar-refractivity contribution in [2.45, 2.75) is 58.4 Å². The molecule has 1 fully saturated rings. The van der Waals surface area contributed by atoms with Crippen LogP contribution in [0.5, 0.6) is 0 Å². The number of rotatable bonds is 3. The number of anilines is 1. The quantitative estimate of drug-likeness (QED) is 0.791. The molecule has 1 atom stereocenters. The average molecular weight is 312 g/mol. The van der Waals surface area contributed by atoms with Gasteiger partial charge in [0.05, 0.1) is 0 Å². The molecule has 0 N–H and O–H groups in total. The minimum absolute atomic E-state index is 0.587. The normalized spacial score (nSPS) is 20.8. The van der Waals surface area contributed by atoms with Crippen LogP contribution in [0.4, 0.5) is 5.82 Å². The van der Waals surface area contributed by atoms with E-state index in [1.165, 1.54) is 25.7 Å². The first-order chi connectivity index (χ1) is 8.70. The van der Waals surface area contributed by atoms with Crippen molar-refractivity contribution in [1.29, 1.82) is 0 Å². The lowest BCUT2D eigenvalue weighted by Crippen LogP contribution is -2.33. The van der Waals surface area contributed by atoms with Gasteiger partial charge >= 0.3 is 0 Å². The number of aryl methyl sites for hydroxylation is 1. The molecule has 100 valence electrons. The average Bonchev–Trinajstić information content (AvgIpc) is 2.53. The Morgan fingerprint density at radius 3 is 2.94 bits per heavy atom. The van der Waals surface area contributed by atoms with Gasteiger partial charge in [-0.2, -0.15) is 0 Å². The zero-order chi connectivity index (χ0) is 13.0. The fourth-order valence-electron chi connectivity index (χ4n) is 2.55. The van der Waals surface area contributed by atoms with E-state index in [0.717, 1.165) is 35.6 Å². The van der Waals surface area contributed by atoms with Crippen molar-refractivity contribution in [3.63, 3.8) is 0 Å². The van der Waals surface area contributed by atoms with Crippen LogP contribution in [0.15, 0.2) is 10.7 Å². The van der Waals surface area contributed by atoms with E-state index < -0.39 is 0 Å². The second-order valence-corrected chi connectivity index (χ2v) is 5.92. The lowest BCUT2D eigenvalue weighted by Gasteiger charge is -2.28. The maximum Gasteiger partial charge on any atom is 0.133 e. The number of aromatic nitrogens is 2. The molecule has 2 heterocycles. The van der Waals surface area contributed by atoms with Crippen molar-refractivity contribution in [3.8, 4) is 0 Å². The SMILES string of the molecule is CCCc1nc(Br)cc(N2CCCCCC2C)n1. The van der Waals surface area contributed by atoms with Gasteiger partial charge in [-0.1, -0.05) is 19.8 Å².